The third-order valence-corrected chi connectivity index (χ3v) is 4.20. The van der Waals surface area contributed by atoms with Gasteiger partial charge in [-0.2, -0.15) is 0 Å². The summed E-state index contributed by atoms with van der Waals surface area (Å²) in [5.41, 5.74) is 3.05. The minimum atomic E-state index is 0.0170. The van der Waals surface area contributed by atoms with Crippen molar-refractivity contribution in [2.45, 2.75) is 19.4 Å². The van der Waals surface area contributed by atoms with Gasteiger partial charge in [0, 0.05) is 47.9 Å². The van der Waals surface area contributed by atoms with E-state index in [9.17, 15) is 4.79 Å². The predicted molar refractivity (Wildman–Crippen MR) is 81.0 cm³/mol. The van der Waals surface area contributed by atoms with Crippen LogP contribution in [0.2, 0.25) is 0 Å². The van der Waals surface area contributed by atoms with Crippen molar-refractivity contribution in [3.8, 4) is 0 Å². The molecule has 2 N–H and O–H groups in total. The molecule has 1 amide bonds. The van der Waals surface area contributed by atoms with Gasteiger partial charge in [0.25, 0.3) is 0 Å². The first-order chi connectivity index (χ1) is 10.3. The highest BCUT2D eigenvalue weighted by atomic mass is 16.1. The van der Waals surface area contributed by atoms with E-state index in [0.29, 0.717) is 0 Å². The van der Waals surface area contributed by atoms with Gasteiger partial charge in [-0.3, -0.25) is 4.79 Å². The van der Waals surface area contributed by atoms with Gasteiger partial charge < -0.3 is 14.9 Å². The predicted octanol–water partition coefficient (Wildman–Crippen LogP) is 2.57. The molecule has 0 fully saturated rings. The first-order valence-electron chi connectivity index (χ1n) is 7.17. The number of rotatable bonds is 2. The lowest BCUT2D eigenvalue weighted by molar-refractivity contribution is -0.120. The Morgan fingerprint density at radius 1 is 1.38 bits per heavy atom. The molecule has 1 unspecified atom stereocenters. The Labute approximate surface area is 122 Å². The van der Waals surface area contributed by atoms with Crippen molar-refractivity contribution in [3.63, 3.8) is 0 Å². The largest absolute Gasteiger partial charge is 0.361 e. The Morgan fingerprint density at radius 2 is 2.33 bits per heavy atom. The fourth-order valence-electron chi connectivity index (χ4n) is 3.02. The first-order valence-corrected chi connectivity index (χ1v) is 7.17. The van der Waals surface area contributed by atoms with E-state index >= 15 is 0 Å². The monoisotopic (exact) mass is 280 g/mol. The van der Waals surface area contributed by atoms with Gasteiger partial charge >= 0.3 is 0 Å². The zero-order chi connectivity index (χ0) is 14.2. The highest BCUT2D eigenvalue weighted by Gasteiger charge is 2.25. The van der Waals surface area contributed by atoms with Gasteiger partial charge in [-0.15, -0.1) is 0 Å². The average Bonchev–Trinajstić information content (AvgIpc) is 3.15. The maximum atomic E-state index is 12.5. The number of fused-ring (bicyclic) bond motifs is 2. The number of anilines is 1. The van der Waals surface area contributed by atoms with Crippen LogP contribution in [0.5, 0.6) is 0 Å². The molecule has 0 aliphatic carbocycles. The van der Waals surface area contributed by atoms with E-state index in [0.717, 1.165) is 41.7 Å². The number of carbonyl (C=O) groups is 1. The zero-order valence-corrected chi connectivity index (χ0v) is 11.5. The summed E-state index contributed by atoms with van der Waals surface area (Å²) < 4.78 is 2.12. The summed E-state index contributed by atoms with van der Waals surface area (Å²) in [6, 6.07) is 7.89. The lowest BCUT2D eigenvalue weighted by Crippen LogP contribution is -2.29. The van der Waals surface area contributed by atoms with Crippen LogP contribution in [0.4, 0.5) is 5.69 Å². The molecule has 0 spiro atoms. The fourth-order valence-corrected chi connectivity index (χ4v) is 3.02. The molecule has 4 rings (SSSR count). The van der Waals surface area contributed by atoms with Crippen LogP contribution in [-0.2, 0) is 17.8 Å². The van der Waals surface area contributed by atoms with E-state index in [-0.39, 0.29) is 11.8 Å². The summed E-state index contributed by atoms with van der Waals surface area (Å²) in [5.74, 6) is 0.111. The molecule has 1 aliphatic heterocycles. The van der Waals surface area contributed by atoms with Crippen molar-refractivity contribution in [2.24, 2.45) is 5.92 Å². The van der Waals surface area contributed by atoms with Crippen LogP contribution in [0.25, 0.3) is 10.9 Å². The van der Waals surface area contributed by atoms with Crippen molar-refractivity contribution in [2.75, 3.05) is 5.32 Å². The third-order valence-electron chi connectivity index (χ3n) is 4.20. The number of aromatic nitrogens is 3. The Balaban J connectivity index is 1.55. The highest BCUT2D eigenvalue weighted by Crippen LogP contribution is 2.25. The molecule has 3 aromatic rings. The van der Waals surface area contributed by atoms with E-state index in [1.807, 2.05) is 43.0 Å². The first kappa shape index (κ1) is 12.2. The van der Waals surface area contributed by atoms with E-state index in [1.165, 1.54) is 0 Å². The molecule has 2 aromatic heterocycles. The number of imidazole rings is 1. The quantitative estimate of drug-likeness (QED) is 0.758. The van der Waals surface area contributed by atoms with Crippen molar-refractivity contribution in [1.82, 2.24) is 14.5 Å². The maximum Gasteiger partial charge on any atom is 0.227 e. The van der Waals surface area contributed by atoms with E-state index in [2.05, 4.69) is 19.9 Å². The van der Waals surface area contributed by atoms with E-state index < -0.39 is 0 Å². The van der Waals surface area contributed by atoms with Crippen LogP contribution in [0, 0.1) is 5.92 Å². The smallest absolute Gasteiger partial charge is 0.227 e. The number of aryl methyl sites for hydroxylation is 1. The molecule has 1 aromatic carbocycles. The summed E-state index contributed by atoms with van der Waals surface area (Å²) in [6.07, 6.45) is 7.20. The number of hydrogen-bond acceptors (Lipinski definition) is 2. The van der Waals surface area contributed by atoms with Gasteiger partial charge in [-0.1, -0.05) is 6.07 Å². The third kappa shape index (κ3) is 2.11. The van der Waals surface area contributed by atoms with Gasteiger partial charge in [0.1, 0.15) is 0 Å². The van der Waals surface area contributed by atoms with Crippen LogP contribution in [0.15, 0.2) is 43.0 Å². The van der Waals surface area contributed by atoms with Crippen LogP contribution >= 0.6 is 0 Å². The Morgan fingerprint density at radius 3 is 3.29 bits per heavy atom. The highest BCUT2D eigenvalue weighted by molar-refractivity contribution is 6.02. The molecule has 21 heavy (non-hydrogen) atoms. The Kier molecular flexibility index (Phi) is 2.77. The Bertz CT molecular complexity index is 801. The standard InChI is InChI=1S/C16H16N4O/c21-16(11-5-7-20-10-17-9-12(20)8-11)19-15-3-1-2-14-13(15)4-6-18-14/h1-4,6,9-11,18H,5,7-8H2,(H,19,21). The molecule has 106 valence electrons. The minimum Gasteiger partial charge on any atom is -0.361 e. The van der Waals surface area contributed by atoms with Crippen LogP contribution in [-0.4, -0.2) is 20.4 Å². The lowest BCUT2D eigenvalue weighted by Gasteiger charge is -2.23. The van der Waals surface area contributed by atoms with Crippen LogP contribution < -0.4 is 5.32 Å². The molecule has 5 heteroatoms. The minimum absolute atomic E-state index is 0.0170. The number of carbonyl (C=O) groups excluding carboxylic acids is 1. The molecular weight excluding hydrogens is 264 g/mol. The van der Waals surface area contributed by atoms with Gasteiger partial charge in [0.2, 0.25) is 5.91 Å². The number of aromatic amines is 1. The van der Waals surface area contributed by atoms with Gasteiger partial charge in [-0.05, 0) is 24.6 Å². The van der Waals surface area contributed by atoms with Crippen molar-refractivity contribution in [1.29, 1.82) is 0 Å². The van der Waals surface area contributed by atoms with Crippen LogP contribution in [0.3, 0.4) is 0 Å². The molecule has 1 aliphatic rings. The number of amides is 1. The molecule has 5 nitrogen and oxygen atoms in total. The molecule has 0 saturated carbocycles. The normalized spacial score (nSPS) is 17.6. The summed E-state index contributed by atoms with van der Waals surface area (Å²) in [4.78, 5) is 19.8. The summed E-state index contributed by atoms with van der Waals surface area (Å²) in [5, 5.41) is 4.12. The van der Waals surface area contributed by atoms with Crippen LogP contribution in [0.1, 0.15) is 12.1 Å². The summed E-state index contributed by atoms with van der Waals surface area (Å²) >= 11 is 0. The molecule has 3 heterocycles. The molecular formula is C16H16N4O. The topological polar surface area (TPSA) is 62.7 Å². The Hall–Kier alpha value is -2.56. The average molecular weight is 280 g/mol. The van der Waals surface area contributed by atoms with Gasteiger partial charge in [-0.25, -0.2) is 4.98 Å². The number of nitrogens with zero attached hydrogens (tertiary/aromatic N) is 2. The number of hydrogen-bond donors (Lipinski definition) is 2. The fraction of sp³-hybridized carbons (Fsp3) is 0.250. The van der Waals surface area contributed by atoms with Gasteiger partial charge in [0.05, 0.1) is 12.0 Å². The number of nitrogens with one attached hydrogen (secondary N) is 2. The summed E-state index contributed by atoms with van der Waals surface area (Å²) in [7, 11) is 0. The molecule has 1 atom stereocenters. The number of benzene rings is 1. The number of H-pyrrole nitrogens is 1. The van der Waals surface area contributed by atoms with Gasteiger partial charge in [0.15, 0.2) is 0 Å². The summed E-state index contributed by atoms with van der Waals surface area (Å²) in [6.45, 7) is 0.863. The maximum absolute atomic E-state index is 12.5. The van der Waals surface area contributed by atoms with Crippen molar-refractivity contribution in [3.05, 3.63) is 48.7 Å². The molecule has 0 saturated heterocycles. The SMILES string of the molecule is O=C(Nc1cccc2[nH]ccc12)C1CCn2cncc2C1. The van der Waals surface area contributed by atoms with Crippen molar-refractivity contribution < 1.29 is 4.79 Å². The van der Waals surface area contributed by atoms with E-state index in [4.69, 9.17) is 0 Å². The zero-order valence-electron chi connectivity index (χ0n) is 11.5. The van der Waals surface area contributed by atoms with Crippen molar-refractivity contribution >= 4 is 22.5 Å². The second-order valence-electron chi connectivity index (χ2n) is 5.50. The van der Waals surface area contributed by atoms with E-state index in [1.54, 1.807) is 0 Å². The molecule has 0 bridgehead atoms. The lowest BCUT2D eigenvalue weighted by atomic mass is 9.95. The molecule has 0 radical (unpaired) electrons. The second-order valence-corrected chi connectivity index (χ2v) is 5.50. The second kappa shape index (κ2) is 4.77.